The summed E-state index contributed by atoms with van der Waals surface area (Å²) >= 11 is 0. The Bertz CT molecular complexity index is 2130. The van der Waals surface area contributed by atoms with Crippen LogP contribution in [0.3, 0.4) is 0 Å². The summed E-state index contributed by atoms with van der Waals surface area (Å²) in [7, 11) is 6.44. The highest BCUT2D eigenvalue weighted by atomic mass is 16.5. The van der Waals surface area contributed by atoms with Gasteiger partial charge >= 0.3 is 0 Å². The standard InChI is InChI=1S/C37H35N3O6/c1-40-30-14-7-5-12-26(30)35(41)33(37(40)43)32(22-10-9-11-23(20-22)44-2)34-25(28-21-24(45-3)16-17-29(28)39-34)18-19-38-36(42)27-13-6-8-15-31(27)46-4/h5-17,20-21,32,39,41H,18-19H2,1-4H3,(H,38,42). The molecule has 2 aromatic heterocycles. The van der Waals surface area contributed by atoms with E-state index in [4.69, 9.17) is 14.2 Å². The molecule has 9 nitrogen and oxygen atoms in total. The van der Waals surface area contributed by atoms with Gasteiger partial charge < -0.3 is 34.2 Å². The number of benzene rings is 4. The van der Waals surface area contributed by atoms with E-state index < -0.39 is 5.92 Å². The minimum atomic E-state index is -0.711. The van der Waals surface area contributed by atoms with Gasteiger partial charge in [-0.3, -0.25) is 9.59 Å². The molecule has 0 fully saturated rings. The molecule has 3 N–H and O–H groups in total. The molecule has 6 aromatic rings. The second-order valence-corrected chi connectivity index (χ2v) is 11.0. The summed E-state index contributed by atoms with van der Waals surface area (Å²) in [6, 6.07) is 27.6. The van der Waals surface area contributed by atoms with Gasteiger partial charge in [-0.25, -0.2) is 0 Å². The van der Waals surface area contributed by atoms with Gasteiger partial charge in [-0.1, -0.05) is 36.4 Å². The zero-order valence-electron chi connectivity index (χ0n) is 26.1. The number of H-pyrrole nitrogens is 1. The Morgan fingerprint density at radius 1 is 0.870 bits per heavy atom. The number of hydrogen-bond acceptors (Lipinski definition) is 6. The molecular formula is C37H35N3O6. The number of aromatic amines is 1. The first-order valence-corrected chi connectivity index (χ1v) is 14.9. The van der Waals surface area contributed by atoms with E-state index >= 15 is 0 Å². The van der Waals surface area contributed by atoms with E-state index in [-0.39, 0.29) is 22.8 Å². The Morgan fingerprint density at radius 2 is 1.61 bits per heavy atom. The number of pyridine rings is 1. The van der Waals surface area contributed by atoms with Crippen LogP contribution in [0.4, 0.5) is 0 Å². The predicted molar refractivity (Wildman–Crippen MR) is 179 cm³/mol. The monoisotopic (exact) mass is 617 g/mol. The fourth-order valence-electron chi connectivity index (χ4n) is 6.18. The minimum Gasteiger partial charge on any atom is -0.507 e. The number of nitrogens with one attached hydrogen (secondary N) is 2. The molecule has 4 aromatic carbocycles. The van der Waals surface area contributed by atoms with Crippen LogP contribution in [0.2, 0.25) is 0 Å². The molecule has 0 saturated heterocycles. The summed E-state index contributed by atoms with van der Waals surface area (Å²) in [4.78, 5) is 30.9. The normalized spacial score (nSPS) is 11.8. The van der Waals surface area contributed by atoms with Gasteiger partial charge in [0, 0.05) is 35.6 Å². The summed E-state index contributed by atoms with van der Waals surface area (Å²) in [5.41, 5.74) is 4.13. The van der Waals surface area contributed by atoms with Crippen LogP contribution in [-0.2, 0) is 13.5 Å². The molecule has 0 aliphatic heterocycles. The van der Waals surface area contributed by atoms with Gasteiger partial charge in [0.25, 0.3) is 11.5 Å². The molecule has 0 spiro atoms. The number of methoxy groups -OCH3 is 3. The smallest absolute Gasteiger partial charge is 0.258 e. The van der Waals surface area contributed by atoms with Crippen LogP contribution in [0.15, 0.2) is 95.8 Å². The first-order valence-electron chi connectivity index (χ1n) is 14.9. The molecule has 46 heavy (non-hydrogen) atoms. The van der Waals surface area contributed by atoms with E-state index in [1.165, 1.54) is 7.11 Å². The zero-order chi connectivity index (χ0) is 32.4. The van der Waals surface area contributed by atoms with Crippen molar-refractivity contribution in [1.82, 2.24) is 14.9 Å². The van der Waals surface area contributed by atoms with Crippen molar-refractivity contribution in [1.29, 1.82) is 0 Å². The molecule has 6 rings (SSSR count). The number of fused-ring (bicyclic) bond motifs is 2. The summed E-state index contributed by atoms with van der Waals surface area (Å²) in [6.45, 7) is 0.292. The number of aryl methyl sites for hydroxylation is 1. The highest BCUT2D eigenvalue weighted by molar-refractivity contribution is 5.97. The summed E-state index contributed by atoms with van der Waals surface area (Å²) in [6.07, 6.45) is 0.415. The Kier molecular flexibility index (Phi) is 8.39. The summed E-state index contributed by atoms with van der Waals surface area (Å²) in [5, 5.41) is 16.3. The number of hydrogen-bond donors (Lipinski definition) is 3. The molecule has 1 unspecified atom stereocenters. The van der Waals surface area contributed by atoms with Crippen LogP contribution in [0.5, 0.6) is 23.0 Å². The third-order valence-electron chi connectivity index (χ3n) is 8.47. The average Bonchev–Trinajstić information content (AvgIpc) is 3.45. The Labute approximate surface area is 266 Å². The lowest BCUT2D eigenvalue weighted by atomic mass is 9.85. The largest absolute Gasteiger partial charge is 0.507 e. The first kappa shape index (κ1) is 30.3. The number of nitrogens with zero attached hydrogens (tertiary/aromatic N) is 1. The van der Waals surface area contributed by atoms with Crippen LogP contribution in [0.25, 0.3) is 21.8 Å². The van der Waals surface area contributed by atoms with Crippen LogP contribution in [-0.4, -0.2) is 48.4 Å². The van der Waals surface area contributed by atoms with Gasteiger partial charge in [-0.2, -0.15) is 0 Å². The van der Waals surface area contributed by atoms with Gasteiger partial charge in [0.05, 0.1) is 43.9 Å². The van der Waals surface area contributed by atoms with Gasteiger partial charge in [0.1, 0.15) is 23.0 Å². The minimum absolute atomic E-state index is 0.0850. The van der Waals surface area contributed by atoms with Gasteiger partial charge in [-0.15, -0.1) is 0 Å². The van der Waals surface area contributed by atoms with Crippen LogP contribution >= 0.6 is 0 Å². The van der Waals surface area contributed by atoms with Crippen molar-refractivity contribution in [3.8, 4) is 23.0 Å². The van der Waals surface area contributed by atoms with Crippen LogP contribution in [0.1, 0.15) is 38.7 Å². The molecule has 1 atom stereocenters. The van der Waals surface area contributed by atoms with Crippen molar-refractivity contribution in [2.24, 2.45) is 7.05 Å². The maximum absolute atomic E-state index is 14.2. The van der Waals surface area contributed by atoms with Crippen molar-refractivity contribution in [2.45, 2.75) is 12.3 Å². The van der Waals surface area contributed by atoms with Gasteiger partial charge in [-0.05, 0) is 72.1 Å². The van der Waals surface area contributed by atoms with E-state index in [0.29, 0.717) is 52.4 Å². The SMILES string of the molecule is COc1cccc(C(c2[nH]c3ccc(OC)cc3c2CCNC(=O)c2ccccc2OC)c2c(O)c3ccccc3n(C)c2=O)c1. The number of amides is 1. The molecule has 2 heterocycles. The van der Waals surface area contributed by atoms with E-state index in [2.05, 4.69) is 10.3 Å². The van der Waals surface area contributed by atoms with E-state index in [9.17, 15) is 14.7 Å². The summed E-state index contributed by atoms with van der Waals surface area (Å²) in [5.74, 6) is 0.706. The van der Waals surface area contributed by atoms with E-state index in [1.54, 1.807) is 50.1 Å². The average molecular weight is 618 g/mol. The second kappa shape index (κ2) is 12.7. The zero-order valence-corrected chi connectivity index (χ0v) is 26.1. The topological polar surface area (TPSA) is 115 Å². The van der Waals surface area contributed by atoms with Crippen molar-refractivity contribution < 1.29 is 24.1 Å². The number of carbonyl (C=O) groups excluding carboxylic acids is 1. The van der Waals surface area contributed by atoms with Gasteiger partial charge in [0.2, 0.25) is 0 Å². The highest BCUT2D eigenvalue weighted by Crippen LogP contribution is 2.42. The molecule has 0 bridgehead atoms. The molecule has 1 amide bonds. The third kappa shape index (κ3) is 5.40. The lowest BCUT2D eigenvalue weighted by molar-refractivity contribution is 0.0951. The molecule has 234 valence electrons. The molecule has 0 saturated carbocycles. The lowest BCUT2D eigenvalue weighted by Gasteiger charge is -2.22. The Balaban J connectivity index is 1.54. The van der Waals surface area contributed by atoms with Crippen molar-refractivity contribution in [2.75, 3.05) is 27.9 Å². The Hall–Kier alpha value is -5.70. The third-order valence-corrected chi connectivity index (χ3v) is 8.47. The number of aromatic nitrogens is 2. The van der Waals surface area contributed by atoms with Gasteiger partial charge in [0.15, 0.2) is 0 Å². The number of ether oxygens (including phenoxy) is 3. The fourth-order valence-corrected chi connectivity index (χ4v) is 6.18. The number of carbonyl (C=O) groups is 1. The van der Waals surface area contributed by atoms with Crippen LogP contribution in [0, 0.1) is 0 Å². The van der Waals surface area contributed by atoms with E-state index in [0.717, 1.165) is 22.0 Å². The predicted octanol–water partition coefficient (Wildman–Crippen LogP) is 5.90. The fraction of sp³-hybridized carbons (Fsp3) is 0.189. The molecule has 0 radical (unpaired) electrons. The molecular weight excluding hydrogens is 582 g/mol. The molecule has 0 aliphatic carbocycles. The number of para-hydroxylation sites is 2. The Morgan fingerprint density at radius 3 is 2.39 bits per heavy atom. The van der Waals surface area contributed by atoms with Crippen LogP contribution < -0.4 is 25.1 Å². The van der Waals surface area contributed by atoms with E-state index in [1.807, 2.05) is 66.7 Å². The maximum Gasteiger partial charge on any atom is 0.258 e. The summed E-state index contributed by atoms with van der Waals surface area (Å²) < 4.78 is 18.1. The van der Waals surface area contributed by atoms with Crippen molar-refractivity contribution in [3.05, 3.63) is 129 Å². The quantitative estimate of drug-likeness (QED) is 0.176. The maximum atomic E-state index is 14.2. The molecule has 9 heteroatoms. The molecule has 0 aliphatic rings. The first-order chi connectivity index (χ1) is 22.4. The number of aromatic hydroxyl groups is 1. The van der Waals surface area contributed by atoms with Crippen molar-refractivity contribution >= 4 is 27.7 Å². The second-order valence-electron chi connectivity index (χ2n) is 11.0. The highest BCUT2D eigenvalue weighted by Gasteiger charge is 2.30. The lowest BCUT2D eigenvalue weighted by Crippen LogP contribution is -2.27. The number of rotatable bonds is 10. The van der Waals surface area contributed by atoms with Crippen molar-refractivity contribution in [3.63, 3.8) is 0 Å².